The normalized spacial score (nSPS) is 25.7. The van der Waals surface area contributed by atoms with Crippen molar-refractivity contribution in [2.45, 2.75) is 31.7 Å². The van der Waals surface area contributed by atoms with Crippen LogP contribution in [0, 0.1) is 0 Å². The Bertz CT molecular complexity index is 338. The van der Waals surface area contributed by atoms with Gasteiger partial charge in [-0.3, -0.25) is 0 Å². The molecule has 0 bridgehead atoms. The number of aryl methyl sites for hydroxylation is 1. The van der Waals surface area contributed by atoms with E-state index in [4.69, 9.17) is 0 Å². The summed E-state index contributed by atoms with van der Waals surface area (Å²) in [5, 5.41) is 11.4. The molecule has 0 spiro atoms. The van der Waals surface area contributed by atoms with Gasteiger partial charge in [0, 0.05) is 31.1 Å². The van der Waals surface area contributed by atoms with E-state index in [0.717, 1.165) is 19.6 Å². The fourth-order valence-electron chi connectivity index (χ4n) is 2.61. The fourth-order valence-corrected chi connectivity index (χ4v) is 2.61. The summed E-state index contributed by atoms with van der Waals surface area (Å²) in [4.78, 5) is 0. The van der Waals surface area contributed by atoms with Gasteiger partial charge in [-0.25, -0.2) is 4.68 Å². The number of aromatic nitrogens is 2. The second-order valence-corrected chi connectivity index (χ2v) is 4.50. The van der Waals surface area contributed by atoms with E-state index >= 15 is 0 Å². The quantitative estimate of drug-likeness (QED) is 0.724. The van der Waals surface area contributed by atoms with Gasteiger partial charge in [0.05, 0.1) is 6.20 Å². The molecule has 82 valence electrons. The van der Waals surface area contributed by atoms with Crippen LogP contribution in [0.3, 0.4) is 0 Å². The summed E-state index contributed by atoms with van der Waals surface area (Å²) in [6.45, 7) is 4.45. The van der Waals surface area contributed by atoms with Crippen molar-refractivity contribution in [1.82, 2.24) is 15.1 Å². The maximum absolute atomic E-state index is 4.46. The van der Waals surface area contributed by atoms with Crippen molar-refractivity contribution in [3.8, 4) is 0 Å². The molecule has 4 heteroatoms. The molecule has 1 saturated heterocycles. The van der Waals surface area contributed by atoms with Gasteiger partial charge in [0.2, 0.25) is 0 Å². The fraction of sp³-hybridized carbons (Fsp3) is 0.727. The second-order valence-electron chi connectivity index (χ2n) is 4.50. The molecule has 0 amide bonds. The first-order valence-corrected chi connectivity index (χ1v) is 5.95. The van der Waals surface area contributed by atoms with Crippen LogP contribution in [0.25, 0.3) is 0 Å². The number of rotatable bonds is 1. The highest BCUT2D eigenvalue weighted by atomic mass is 15.3. The van der Waals surface area contributed by atoms with Crippen LogP contribution in [0.4, 0.5) is 5.82 Å². The highest BCUT2D eigenvalue weighted by Gasteiger charge is 2.22. The average molecular weight is 206 g/mol. The minimum Gasteiger partial charge on any atom is -0.370 e. The number of nitrogens with zero attached hydrogens (tertiary/aromatic N) is 2. The molecule has 4 nitrogen and oxygen atoms in total. The lowest BCUT2D eigenvalue weighted by atomic mass is 9.93. The summed E-state index contributed by atoms with van der Waals surface area (Å²) < 4.78 is 2.12. The van der Waals surface area contributed by atoms with E-state index in [1.807, 2.05) is 0 Å². The Morgan fingerprint density at radius 3 is 3.20 bits per heavy atom. The smallest absolute Gasteiger partial charge is 0.127 e. The maximum Gasteiger partial charge on any atom is 0.127 e. The standard InChI is InChI=1S/C11H18N4/c1-3-9(7-12-4-1)10-8-14-15-6-2-5-13-11(10)15/h8-9,12-13H,1-7H2. The molecule has 0 radical (unpaired) electrons. The Hall–Kier alpha value is -1.03. The molecule has 1 aromatic heterocycles. The van der Waals surface area contributed by atoms with E-state index in [2.05, 4.69) is 26.6 Å². The minimum absolute atomic E-state index is 0.660. The zero-order valence-corrected chi connectivity index (χ0v) is 9.00. The molecule has 2 N–H and O–H groups in total. The number of piperidine rings is 1. The van der Waals surface area contributed by atoms with Gasteiger partial charge in [-0.1, -0.05) is 0 Å². The number of nitrogens with one attached hydrogen (secondary N) is 2. The van der Waals surface area contributed by atoms with Crippen LogP contribution in [0.15, 0.2) is 6.20 Å². The summed E-state index contributed by atoms with van der Waals surface area (Å²) in [6, 6.07) is 0. The maximum atomic E-state index is 4.46. The third-order valence-electron chi connectivity index (χ3n) is 3.44. The minimum atomic E-state index is 0.660. The molecule has 15 heavy (non-hydrogen) atoms. The molecule has 1 unspecified atom stereocenters. The Morgan fingerprint density at radius 2 is 2.33 bits per heavy atom. The first-order valence-electron chi connectivity index (χ1n) is 5.95. The van der Waals surface area contributed by atoms with Crippen molar-refractivity contribution >= 4 is 5.82 Å². The second kappa shape index (κ2) is 3.85. The van der Waals surface area contributed by atoms with Gasteiger partial charge in [0.1, 0.15) is 5.82 Å². The molecule has 0 saturated carbocycles. The molecule has 1 atom stereocenters. The number of hydrogen-bond donors (Lipinski definition) is 2. The van der Waals surface area contributed by atoms with Gasteiger partial charge >= 0.3 is 0 Å². The van der Waals surface area contributed by atoms with E-state index in [1.54, 1.807) is 0 Å². The number of fused-ring (bicyclic) bond motifs is 1. The highest BCUT2D eigenvalue weighted by molar-refractivity contribution is 5.47. The molecule has 3 heterocycles. The summed E-state index contributed by atoms with van der Waals surface area (Å²) in [5.74, 6) is 1.93. The molecule has 1 aromatic rings. The van der Waals surface area contributed by atoms with Gasteiger partial charge in [0.25, 0.3) is 0 Å². The van der Waals surface area contributed by atoms with Crippen molar-refractivity contribution in [1.29, 1.82) is 0 Å². The van der Waals surface area contributed by atoms with Gasteiger partial charge in [-0.2, -0.15) is 5.10 Å². The molecule has 1 fully saturated rings. The van der Waals surface area contributed by atoms with Gasteiger partial charge in [-0.05, 0) is 25.8 Å². The van der Waals surface area contributed by atoms with Crippen LogP contribution in [0.5, 0.6) is 0 Å². The van der Waals surface area contributed by atoms with E-state index in [1.165, 1.54) is 37.2 Å². The Balaban J connectivity index is 1.87. The third-order valence-corrected chi connectivity index (χ3v) is 3.44. The average Bonchev–Trinajstić information content (AvgIpc) is 2.74. The summed E-state index contributed by atoms with van der Waals surface area (Å²) in [5.41, 5.74) is 1.42. The predicted molar refractivity (Wildman–Crippen MR) is 60.2 cm³/mol. The summed E-state index contributed by atoms with van der Waals surface area (Å²) in [7, 11) is 0. The van der Waals surface area contributed by atoms with E-state index < -0.39 is 0 Å². The van der Waals surface area contributed by atoms with Crippen molar-refractivity contribution in [2.24, 2.45) is 0 Å². The zero-order valence-electron chi connectivity index (χ0n) is 9.00. The van der Waals surface area contributed by atoms with Crippen LogP contribution in [0.1, 0.15) is 30.7 Å². The monoisotopic (exact) mass is 206 g/mol. The van der Waals surface area contributed by atoms with Crippen molar-refractivity contribution in [3.05, 3.63) is 11.8 Å². The summed E-state index contributed by atoms with van der Waals surface area (Å²) >= 11 is 0. The van der Waals surface area contributed by atoms with Crippen molar-refractivity contribution in [2.75, 3.05) is 25.0 Å². The molecule has 3 rings (SSSR count). The lowest BCUT2D eigenvalue weighted by Gasteiger charge is -2.24. The van der Waals surface area contributed by atoms with Crippen LogP contribution in [-0.4, -0.2) is 29.4 Å². The van der Waals surface area contributed by atoms with Gasteiger partial charge < -0.3 is 10.6 Å². The molecular formula is C11H18N4. The van der Waals surface area contributed by atoms with E-state index in [-0.39, 0.29) is 0 Å². The largest absolute Gasteiger partial charge is 0.370 e. The number of anilines is 1. The van der Waals surface area contributed by atoms with E-state index in [0.29, 0.717) is 5.92 Å². The van der Waals surface area contributed by atoms with E-state index in [9.17, 15) is 0 Å². The Kier molecular flexibility index (Phi) is 2.37. The van der Waals surface area contributed by atoms with Crippen molar-refractivity contribution in [3.63, 3.8) is 0 Å². The lowest BCUT2D eigenvalue weighted by molar-refractivity contribution is 0.461. The Morgan fingerprint density at radius 1 is 1.33 bits per heavy atom. The first-order chi connectivity index (χ1) is 7.45. The Labute approximate surface area is 90.0 Å². The summed E-state index contributed by atoms with van der Waals surface area (Å²) in [6.07, 6.45) is 5.84. The molecule has 2 aliphatic heterocycles. The third kappa shape index (κ3) is 1.63. The predicted octanol–water partition coefficient (Wildman–Crippen LogP) is 1.17. The van der Waals surface area contributed by atoms with Gasteiger partial charge in [-0.15, -0.1) is 0 Å². The zero-order chi connectivity index (χ0) is 10.1. The SMILES string of the molecule is c1nn2c(c1C1CCCNC1)NCCC2. The van der Waals surface area contributed by atoms with Crippen LogP contribution < -0.4 is 10.6 Å². The first kappa shape index (κ1) is 9.21. The number of hydrogen-bond acceptors (Lipinski definition) is 3. The van der Waals surface area contributed by atoms with Crippen LogP contribution in [0.2, 0.25) is 0 Å². The molecule has 0 aromatic carbocycles. The van der Waals surface area contributed by atoms with Crippen LogP contribution >= 0.6 is 0 Å². The van der Waals surface area contributed by atoms with Gasteiger partial charge in [0.15, 0.2) is 0 Å². The highest BCUT2D eigenvalue weighted by Crippen LogP contribution is 2.30. The lowest BCUT2D eigenvalue weighted by Crippen LogP contribution is -2.29. The van der Waals surface area contributed by atoms with Crippen molar-refractivity contribution < 1.29 is 0 Å². The molecular weight excluding hydrogens is 188 g/mol. The molecule has 2 aliphatic rings. The van der Waals surface area contributed by atoms with Crippen LogP contribution in [-0.2, 0) is 6.54 Å². The topological polar surface area (TPSA) is 41.9 Å². The molecule has 0 aliphatic carbocycles.